The molecule has 0 atom stereocenters. The second kappa shape index (κ2) is 6.41. The van der Waals surface area contributed by atoms with E-state index in [2.05, 4.69) is 49.6 Å². The van der Waals surface area contributed by atoms with Gasteiger partial charge in [-0.05, 0) is 25.8 Å². The van der Waals surface area contributed by atoms with Gasteiger partial charge in [0.25, 0.3) is 0 Å². The zero-order valence-corrected chi connectivity index (χ0v) is 9.87. The molecule has 0 saturated carbocycles. The van der Waals surface area contributed by atoms with Crippen molar-refractivity contribution in [2.45, 2.75) is 20.3 Å². The lowest BCUT2D eigenvalue weighted by molar-refractivity contribution is 0.320. The maximum absolute atomic E-state index is 3.75. The molecule has 0 spiro atoms. The van der Waals surface area contributed by atoms with Crippen molar-refractivity contribution in [3.05, 3.63) is 48.1 Å². The third-order valence-corrected chi connectivity index (χ3v) is 2.64. The summed E-state index contributed by atoms with van der Waals surface area (Å²) < 4.78 is 0. The van der Waals surface area contributed by atoms with Gasteiger partial charge in [0.2, 0.25) is 0 Å². The molecule has 1 nitrogen and oxygen atoms in total. The van der Waals surface area contributed by atoms with Gasteiger partial charge in [0.05, 0.1) is 0 Å². The van der Waals surface area contributed by atoms with Crippen LogP contribution < -0.4 is 0 Å². The van der Waals surface area contributed by atoms with Gasteiger partial charge < -0.3 is 0 Å². The zero-order valence-electron chi connectivity index (χ0n) is 9.87. The van der Waals surface area contributed by atoms with E-state index in [1.807, 2.05) is 6.08 Å². The standard InChI is InChI=1S/C14H21N/c1-4-6-14(7-5-2)12-15-10-8-13(3)9-11-15/h4-8H,1,9-12H2,2-3H3. The van der Waals surface area contributed by atoms with Crippen LogP contribution in [-0.2, 0) is 0 Å². The first-order chi connectivity index (χ1) is 7.26. The third-order valence-electron chi connectivity index (χ3n) is 2.64. The van der Waals surface area contributed by atoms with Crippen LogP contribution in [0.15, 0.2) is 48.1 Å². The maximum Gasteiger partial charge on any atom is 0.0237 e. The molecule has 0 unspecified atom stereocenters. The number of allylic oxidation sites excluding steroid dienone is 3. The van der Waals surface area contributed by atoms with Crippen LogP contribution in [0, 0.1) is 0 Å². The Balaban J connectivity index is 2.53. The summed E-state index contributed by atoms with van der Waals surface area (Å²) in [6.45, 7) is 11.3. The third kappa shape index (κ3) is 4.30. The van der Waals surface area contributed by atoms with E-state index in [1.54, 1.807) is 0 Å². The van der Waals surface area contributed by atoms with Gasteiger partial charge in [-0.25, -0.2) is 0 Å². The maximum atomic E-state index is 3.75. The lowest BCUT2D eigenvalue weighted by Gasteiger charge is -2.25. The topological polar surface area (TPSA) is 3.24 Å². The molecular weight excluding hydrogens is 182 g/mol. The van der Waals surface area contributed by atoms with E-state index in [0.717, 1.165) is 13.1 Å². The summed E-state index contributed by atoms with van der Waals surface area (Å²) >= 11 is 0. The molecule has 1 heteroatoms. The van der Waals surface area contributed by atoms with Crippen molar-refractivity contribution in [1.82, 2.24) is 4.90 Å². The fourth-order valence-electron chi connectivity index (χ4n) is 1.74. The molecule has 0 bridgehead atoms. The minimum Gasteiger partial charge on any atom is -0.295 e. The van der Waals surface area contributed by atoms with E-state index >= 15 is 0 Å². The summed E-state index contributed by atoms with van der Waals surface area (Å²) in [6, 6.07) is 0. The molecule has 0 radical (unpaired) electrons. The highest BCUT2D eigenvalue weighted by molar-refractivity contribution is 5.24. The summed E-state index contributed by atoms with van der Waals surface area (Å²) in [6.07, 6.45) is 11.7. The van der Waals surface area contributed by atoms with Crippen LogP contribution in [-0.4, -0.2) is 24.5 Å². The minimum atomic E-state index is 1.03. The zero-order chi connectivity index (χ0) is 11.1. The molecule has 1 aliphatic heterocycles. The van der Waals surface area contributed by atoms with Gasteiger partial charge in [0, 0.05) is 19.6 Å². The summed E-state index contributed by atoms with van der Waals surface area (Å²) in [5, 5.41) is 0. The van der Waals surface area contributed by atoms with Gasteiger partial charge in [-0.1, -0.05) is 42.5 Å². The van der Waals surface area contributed by atoms with Gasteiger partial charge in [-0.2, -0.15) is 0 Å². The van der Waals surface area contributed by atoms with Crippen LogP contribution in [0.1, 0.15) is 20.3 Å². The van der Waals surface area contributed by atoms with Crippen LogP contribution in [0.4, 0.5) is 0 Å². The Kier molecular flexibility index (Phi) is 5.13. The summed E-state index contributed by atoms with van der Waals surface area (Å²) in [5.41, 5.74) is 2.85. The van der Waals surface area contributed by atoms with E-state index < -0.39 is 0 Å². The average molecular weight is 203 g/mol. The molecular formula is C14H21N. The number of hydrogen-bond donors (Lipinski definition) is 0. The van der Waals surface area contributed by atoms with Gasteiger partial charge >= 0.3 is 0 Å². The Hall–Kier alpha value is -1.08. The predicted octanol–water partition coefficient (Wildman–Crippen LogP) is 3.33. The van der Waals surface area contributed by atoms with E-state index in [9.17, 15) is 0 Å². The van der Waals surface area contributed by atoms with Crippen LogP contribution in [0.2, 0.25) is 0 Å². The highest BCUT2D eigenvalue weighted by atomic mass is 15.1. The molecule has 0 aromatic carbocycles. The lowest BCUT2D eigenvalue weighted by atomic mass is 10.1. The highest BCUT2D eigenvalue weighted by Crippen LogP contribution is 2.11. The Labute approximate surface area is 93.5 Å². The Morgan fingerprint density at radius 1 is 1.60 bits per heavy atom. The molecule has 82 valence electrons. The van der Waals surface area contributed by atoms with Gasteiger partial charge in [-0.3, -0.25) is 4.90 Å². The SMILES string of the molecule is C=CC=C(C=CC)CN1CC=C(C)CC1. The van der Waals surface area contributed by atoms with Crippen molar-refractivity contribution in [3.8, 4) is 0 Å². The van der Waals surface area contributed by atoms with Crippen molar-refractivity contribution < 1.29 is 0 Å². The average Bonchev–Trinajstić information content (AvgIpc) is 2.22. The first-order valence-corrected chi connectivity index (χ1v) is 5.58. The molecule has 1 rings (SSSR count). The van der Waals surface area contributed by atoms with Crippen molar-refractivity contribution in [2.75, 3.05) is 19.6 Å². The number of hydrogen-bond acceptors (Lipinski definition) is 1. The first-order valence-electron chi connectivity index (χ1n) is 5.58. The Morgan fingerprint density at radius 2 is 2.40 bits per heavy atom. The molecule has 1 aliphatic rings. The monoisotopic (exact) mass is 203 g/mol. The molecule has 1 heterocycles. The van der Waals surface area contributed by atoms with Crippen LogP contribution >= 0.6 is 0 Å². The Bertz CT molecular complexity index is 294. The summed E-state index contributed by atoms with van der Waals surface area (Å²) in [7, 11) is 0. The van der Waals surface area contributed by atoms with E-state index in [1.165, 1.54) is 24.1 Å². The summed E-state index contributed by atoms with van der Waals surface area (Å²) in [5.74, 6) is 0. The van der Waals surface area contributed by atoms with Crippen LogP contribution in [0.3, 0.4) is 0 Å². The lowest BCUT2D eigenvalue weighted by Crippen LogP contribution is -2.30. The molecule has 0 aromatic rings. The smallest absolute Gasteiger partial charge is 0.0237 e. The van der Waals surface area contributed by atoms with Crippen molar-refractivity contribution >= 4 is 0 Å². The molecule has 0 saturated heterocycles. The quantitative estimate of drug-likeness (QED) is 0.500. The molecule has 0 N–H and O–H groups in total. The predicted molar refractivity (Wildman–Crippen MR) is 67.9 cm³/mol. The number of rotatable bonds is 4. The highest BCUT2D eigenvalue weighted by Gasteiger charge is 2.09. The largest absolute Gasteiger partial charge is 0.295 e. The molecule has 0 aromatic heterocycles. The molecule has 15 heavy (non-hydrogen) atoms. The van der Waals surface area contributed by atoms with Gasteiger partial charge in [0.15, 0.2) is 0 Å². The van der Waals surface area contributed by atoms with E-state index in [4.69, 9.17) is 0 Å². The fraction of sp³-hybridized carbons (Fsp3) is 0.429. The molecule has 0 fully saturated rings. The van der Waals surface area contributed by atoms with E-state index in [-0.39, 0.29) is 0 Å². The van der Waals surface area contributed by atoms with E-state index in [0.29, 0.717) is 0 Å². The van der Waals surface area contributed by atoms with Crippen molar-refractivity contribution in [3.63, 3.8) is 0 Å². The normalized spacial score (nSPS) is 19.3. The van der Waals surface area contributed by atoms with Gasteiger partial charge in [-0.15, -0.1) is 0 Å². The Morgan fingerprint density at radius 3 is 2.93 bits per heavy atom. The second-order valence-electron chi connectivity index (χ2n) is 4.01. The minimum absolute atomic E-state index is 1.03. The fourth-order valence-corrected chi connectivity index (χ4v) is 1.74. The molecule has 0 aliphatic carbocycles. The van der Waals surface area contributed by atoms with Crippen molar-refractivity contribution in [2.24, 2.45) is 0 Å². The molecule has 0 amide bonds. The first kappa shape index (κ1) is 12.0. The van der Waals surface area contributed by atoms with Gasteiger partial charge in [0.1, 0.15) is 0 Å². The van der Waals surface area contributed by atoms with Crippen molar-refractivity contribution in [1.29, 1.82) is 0 Å². The number of nitrogens with zero attached hydrogens (tertiary/aromatic N) is 1. The second-order valence-corrected chi connectivity index (χ2v) is 4.01. The van der Waals surface area contributed by atoms with Crippen LogP contribution in [0.5, 0.6) is 0 Å². The van der Waals surface area contributed by atoms with Crippen LogP contribution in [0.25, 0.3) is 0 Å². The summed E-state index contributed by atoms with van der Waals surface area (Å²) in [4.78, 5) is 2.46.